The van der Waals surface area contributed by atoms with Gasteiger partial charge in [0.1, 0.15) is 0 Å². The van der Waals surface area contributed by atoms with E-state index in [1.54, 1.807) is 18.3 Å². The number of para-hydroxylation sites is 2. The van der Waals surface area contributed by atoms with Gasteiger partial charge in [0.2, 0.25) is 0 Å². The zero-order valence-electron chi connectivity index (χ0n) is 13.2. The Bertz CT molecular complexity index is 1080. The van der Waals surface area contributed by atoms with Crippen molar-refractivity contribution in [3.63, 3.8) is 0 Å². The third-order valence-electron chi connectivity index (χ3n) is 4.03. The molecule has 0 aliphatic heterocycles. The van der Waals surface area contributed by atoms with Gasteiger partial charge in [0.05, 0.1) is 33.4 Å². The average molecular weight is 327 g/mol. The molecule has 0 bridgehead atoms. The first-order valence-electron chi connectivity index (χ1n) is 7.78. The van der Waals surface area contributed by atoms with E-state index in [9.17, 15) is 10.1 Å². The number of rotatable bonds is 3. The smallest absolute Gasteiger partial charge is 0.258 e. The second-order valence-electron chi connectivity index (χ2n) is 5.60. The highest BCUT2D eigenvalue weighted by atomic mass is 16.6. The maximum absolute atomic E-state index is 11.6. The van der Waals surface area contributed by atoms with Crippen LogP contribution in [0.5, 0.6) is 0 Å². The summed E-state index contributed by atoms with van der Waals surface area (Å²) in [7, 11) is 0. The van der Waals surface area contributed by atoms with Crippen LogP contribution in [0.15, 0.2) is 79.0 Å². The van der Waals surface area contributed by atoms with Crippen molar-refractivity contribution >= 4 is 16.7 Å². The first-order valence-corrected chi connectivity index (χ1v) is 7.78. The molecule has 0 saturated heterocycles. The van der Waals surface area contributed by atoms with Gasteiger partial charge >= 0.3 is 0 Å². The first kappa shape index (κ1) is 15.0. The Morgan fingerprint density at radius 3 is 2.28 bits per heavy atom. The summed E-state index contributed by atoms with van der Waals surface area (Å²) >= 11 is 0. The Morgan fingerprint density at radius 2 is 1.52 bits per heavy atom. The molecule has 1 heterocycles. The number of hydrogen-bond donors (Lipinski definition) is 0. The van der Waals surface area contributed by atoms with E-state index in [-0.39, 0.29) is 10.6 Å². The third-order valence-corrected chi connectivity index (χ3v) is 4.03. The minimum absolute atomic E-state index is 0.0194. The van der Waals surface area contributed by atoms with E-state index >= 15 is 0 Å². The number of nitrogens with zero attached hydrogens (tertiary/aromatic N) is 3. The van der Waals surface area contributed by atoms with Crippen molar-refractivity contribution < 1.29 is 4.92 Å². The van der Waals surface area contributed by atoms with E-state index in [1.807, 2.05) is 60.7 Å². The van der Waals surface area contributed by atoms with Gasteiger partial charge in [-0.1, -0.05) is 48.5 Å². The summed E-state index contributed by atoms with van der Waals surface area (Å²) in [6.07, 6.45) is 1.58. The van der Waals surface area contributed by atoms with Gasteiger partial charge in [0.25, 0.3) is 5.69 Å². The van der Waals surface area contributed by atoms with E-state index in [1.165, 1.54) is 0 Å². The minimum atomic E-state index is -0.376. The summed E-state index contributed by atoms with van der Waals surface area (Å²) in [5, 5.41) is 11.6. The molecule has 0 fully saturated rings. The number of nitro groups is 1. The van der Waals surface area contributed by atoms with E-state index in [2.05, 4.69) is 9.97 Å². The van der Waals surface area contributed by atoms with E-state index in [4.69, 9.17) is 0 Å². The average Bonchev–Trinajstić information content (AvgIpc) is 2.68. The topological polar surface area (TPSA) is 68.9 Å². The van der Waals surface area contributed by atoms with Gasteiger partial charge in [0, 0.05) is 6.07 Å². The molecular formula is C20H13N3O2. The summed E-state index contributed by atoms with van der Waals surface area (Å²) in [6.45, 7) is 0. The quantitative estimate of drug-likeness (QED) is 0.397. The maximum atomic E-state index is 11.6. The van der Waals surface area contributed by atoms with Crippen molar-refractivity contribution in [1.82, 2.24) is 9.97 Å². The SMILES string of the molecule is O=[N+]([O-])c1cc(-c2ccccc2)ccc1-c1cnc2ccccc2n1. The summed E-state index contributed by atoms with van der Waals surface area (Å²) in [5.74, 6) is 0. The standard InChI is InChI=1S/C20H13N3O2/c24-23(25)20-12-15(14-6-2-1-3-7-14)10-11-16(20)19-13-21-17-8-4-5-9-18(17)22-19/h1-13H. The predicted octanol–water partition coefficient (Wildman–Crippen LogP) is 4.87. The van der Waals surface area contributed by atoms with E-state index in [0.717, 1.165) is 16.6 Å². The summed E-state index contributed by atoms with van der Waals surface area (Å²) in [6, 6.07) is 22.2. The van der Waals surface area contributed by atoms with Gasteiger partial charge in [-0.3, -0.25) is 15.1 Å². The lowest BCUT2D eigenvalue weighted by molar-refractivity contribution is -0.384. The molecule has 5 nitrogen and oxygen atoms in total. The highest BCUT2D eigenvalue weighted by Gasteiger charge is 2.18. The molecule has 1 aromatic heterocycles. The lowest BCUT2D eigenvalue weighted by Gasteiger charge is -2.07. The fraction of sp³-hybridized carbons (Fsp3) is 0. The van der Waals surface area contributed by atoms with Crippen LogP contribution in [0.3, 0.4) is 0 Å². The zero-order valence-corrected chi connectivity index (χ0v) is 13.2. The van der Waals surface area contributed by atoms with E-state index in [0.29, 0.717) is 16.8 Å². The molecule has 5 heteroatoms. The third kappa shape index (κ3) is 2.83. The molecule has 0 aliphatic carbocycles. The number of benzene rings is 3. The van der Waals surface area contributed by atoms with Crippen LogP contribution < -0.4 is 0 Å². The van der Waals surface area contributed by atoms with Crippen molar-refractivity contribution in [3.05, 3.63) is 89.1 Å². The van der Waals surface area contributed by atoms with Crippen LogP contribution in [-0.4, -0.2) is 14.9 Å². The van der Waals surface area contributed by atoms with Crippen LogP contribution >= 0.6 is 0 Å². The highest BCUT2D eigenvalue weighted by Crippen LogP contribution is 2.33. The first-order chi connectivity index (χ1) is 12.2. The van der Waals surface area contributed by atoms with Gasteiger partial charge in [-0.05, 0) is 29.3 Å². The fourth-order valence-electron chi connectivity index (χ4n) is 2.80. The maximum Gasteiger partial charge on any atom is 0.279 e. The molecule has 0 atom stereocenters. The van der Waals surface area contributed by atoms with Gasteiger partial charge in [-0.15, -0.1) is 0 Å². The van der Waals surface area contributed by atoms with Gasteiger partial charge < -0.3 is 0 Å². The Kier molecular flexibility index (Phi) is 3.67. The van der Waals surface area contributed by atoms with Crippen LogP contribution in [0.4, 0.5) is 5.69 Å². The molecule has 0 amide bonds. The minimum Gasteiger partial charge on any atom is -0.258 e. The lowest BCUT2D eigenvalue weighted by Crippen LogP contribution is -1.95. The van der Waals surface area contributed by atoms with Crippen LogP contribution in [-0.2, 0) is 0 Å². The monoisotopic (exact) mass is 327 g/mol. The Labute approximate surface area is 143 Å². The zero-order chi connectivity index (χ0) is 17.2. The molecule has 0 N–H and O–H groups in total. The van der Waals surface area contributed by atoms with Crippen LogP contribution in [0.25, 0.3) is 33.4 Å². The van der Waals surface area contributed by atoms with Crippen molar-refractivity contribution in [2.45, 2.75) is 0 Å². The summed E-state index contributed by atoms with van der Waals surface area (Å²) in [5.41, 5.74) is 4.17. The molecule has 120 valence electrons. The molecule has 4 aromatic rings. The fourth-order valence-corrected chi connectivity index (χ4v) is 2.80. The molecule has 0 spiro atoms. The van der Waals surface area contributed by atoms with Crippen molar-refractivity contribution in [3.8, 4) is 22.4 Å². The van der Waals surface area contributed by atoms with Crippen LogP contribution in [0.1, 0.15) is 0 Å². The van der Waals surface area contributed by atoms with Gasteiger partial charge in [-0.2, -0.15) is 0 Å². The Hall–Kier alpha value is -3.60. The number of fused-ring (bicyclic) bond motifs is 1. The molecule has 0 saturated carbocycles. The van der Waals surface area contributed by atoms with Gasteiger partial charge in [-0.25, -0.2) is 4.98 Å². The largest absolute Gasteiger partial charge is 0.279 e. The second kappa shape index (κ2) is 6.13. The molecule has 4 rings (SSSR count). The second-order valence-corrected chi connectivity index (χ2v) is 5.60. The number of nitro benzene ring substituents is 1. The summed E-state index contributed by atoms with van der Waals surface area (Å²) in [4.78, 5) is 20.1. The van der Waals surface area contributed by atoms with Gasteiger partial charge in [0.15, 0.2) is 0 Å². The Balaban J connectivity index is 1.87. The van der Waals surface area contributed by atoms with Crippen molar-refractivity contribution in [1.29, 1.82) is 0 Å². The molecule has 0 aliphatic rings. The Morgan fingerprint density at radius 1 is 0.800 bits per heavy atom. The number of aromatic nitrogens is 2. The molecule has 25 heavy (non-hydrogen) atoms. The predicted molar refractivity (Wildman–Crippen MR) is 97.1 cm³/mol. The normalized spacial score (nSPS) is 10.7. The highest BCUT2D eigenvalue weighted by molar-refractivity contribution is 5.81. The van der Waals surface area contributed by atoms with Crippen LogP contribution in [0, 0.1) is 10.1 Å². The summed E-state index contributed by atoms with van der Waals surface area (Å²) < 4.78 is 0. The van der Waals surface area contributed by atoms with Crippen LogP contribution in [0.2, 0.25) is 0 Å². The molecule has 0 unspecified atom stereocenters. The van der Waals surface area contributed by atoms with Crippen molar-refractivity contribution in [2.24, 2.45) is 0 Å². The molecule has 0 radical (unpaired) electrons. The lowest BCUT2D eigenvalue weighted by atomic mass is 10.0. The number of hydrogen-bond acceptors (Lipinski definition) is 4. The molecular weight excluding hydrogens is 314 g/mol. The molecule has 3 aromatic carbocycles. The van der Waals surface area contributed by atoms with E-state index < -0.39 is 0 Å². The van der Waals surface area contributed by atoms with Crippen molar-refractivity contribution in [2.75, 3.05) is 0 Å².